The molecule has 0 atom stereocenters. The molecule has 0 unspecified atom stereocenters. The van der Waals surface area contributed by atoms with Crippen LogP contribution in [0.1, 0.15) is 79.8 Å². The van der Waals surface area contributed by atoms with E-state index in [0.29, 0.717) is 5.92 Å². The van der Waals surface area contributed by atoms with Crippen molar-refractivity contribution >= 4 is 5.97 Å². The van der Waals surface area contributed by atoms with Gasteiger partial charge in [-0.05, 0) is 54.5 Å². The van der Waals surface area contributed by atoms with E-state index in [2.05, 4.69) is 6.92 Å². The first-order valence-electron chi connectivity index (χ1n) is 11.2. The van der Waals surface area contributed by atoms with E-state index in [1.54, 1.807) is 12.1 Å². The van der Waals surface area contributed by atoms with Gasteiger partial charge in [-0.15, -0.1) is 0 Å². The number of hydrogen-bond acceptors (Lipinski definition) is 3. The smallest absolute Gasteiger partial charge is 0.346 e. The van der Waals surface area contributed by atoms with Crippen LogP contribution in [0.5, 0.6) is 5.75 Å². The SMILES string of the molecule is CCCCC1CCC(CCc2ccc(C(=O)Oc3ccc(C#N)c(F)c3)c(F)c2)CC1. The summed E-state index contributed by atoms with van der Waals surface area (Å²) in [6, 6.07) is 9.74. The number of nitriles is 1. The standard InChI is InChI=1S/C26H29F2NO2/c1-2-3-4-18-5-7-19(8-6-18)9-10-20-11-14-23(25(28)15-20)26(30)31-22-13-12-21(17-29)24(27)16-22/h11-16,18-19H,2-10H2,1H3. The maximum absolute atomic E-state index is 14.5. The van der Waals surface area contributed by atoms with Crippen LogP contribution in [-0.4, -0.2) is 5.97 Å². The maximum atomic E-state index is 14.5. The first-order chi connectivity index (χ1) is 15.0. The van der Waals surface area contributed by atoms with E-state index in [-0.39, 0.29) is 16.9 Å². The average Bonchev–Trinajstić information content (AvgIpc) is 2.77. The van der Waals surface area contributed by atoms with Crippen LogP contribution in [0.25, 0.3) is 0 Å². The van der Waals surface area contributed by atoms with Gasteiger partial charge in [0, 0.05) is 6.07 Å². The quantitative estimate of drug-likeness (QED) is 0.338. The summed E-state index contributed by atoms with van der Waals surface area (Å²) in [6.45, 7) is 2.24. The lowest BCUT2D eigenvalue weighted by Crippen LogP contribution is -2.15. The van der Waals surface area contributed by atoms with Gasteiger partial charge in [0.25, 0.3) is 0 Å². The molecule has 0 amide bonds. The van der Waals surface area contributed by atoms with Gasteiger partial charge in [0.1, 0.15) is 23.5 Å². The average molecular weight is 426 g/mol. The molecule has 0 radical (unpaired) electrons. The Kier molecular flexibility index (Phi) is 8.17. The highest BCUT2D eigenvalue weighted by atomic mass is 19.1. The lowest BCUT2D eigenvalue weighted by molar-refractivity contribution is 0.0729. The Morgan fingerprint density at radius 3 is 2.35 bits per heavy atom. The predicted molar refractivity (Wildman–Crippen MR) is 116 cm³/mol. The zero-order valence-electron chi connectivity index (χ0n) is 18.0. The number of carbonyl (C=O) groups excluding carboxylic acids is 1. The second kappa shape index (κ2) is 11.0. The molecule has 2 aromatic rings. The van der Waals surface area contributed by atoms with Crippen molar-refractivity contribution in [1.29, 1.82) is 5.26 Å². The van der Waals surface area contributed by atoms with E-state index >= 15 is 0 Å². The number of carbonyl (C=O) groups is 1. The summed E-state index contributed by atoms with van der Waals surface area (Å²) in [5.74, 6) is -0.818. The Labute approximate surface area is 183 Å². The number of aryl methyl sites for hydroxylation is 1. The number of rotatable bonds is 8. The first kappa shape index (κ1) is 22.9. The van der Waals surface area contributed by atoms with E-state index in [1.165, 1.54) is 69.2 Å². The molecule has 3 nitrogen and oxygen atoms in total. The molecule has 1 aliphatic carbocycles. The third-order valence-corrected chi connectivity index (χ3v) is 6.30. The molecule has 1 saturated carbocycles. The van der Waals surface area contributed by atoms with E-state index in [1.807, 2.05) is 0 Å². The Morgan fingerprint density at radius 2 is 1.74 bits per heavy atom. The van der Waals surface area contributed by atoms with Gasteiger partial charge in [-0.25, -0.2) is 13.6 Å². The largest absolute Gasteiger partial charge is 0.423 e. The minimum absolute atomic E-state index is 0.0699. The fraction of sp³-hybridized carbons (Fsp3) is 0.462. The van der Waals surface area contributed by atoms with E-state index < -0.39 is 17.6 Å². The molecular formula is C26H29F2NO2. The number of unbranched alkanes of at least 4 members (excludes halogenated alkanes) is 1. The fourth-order valence-electron chi connectivity index (χ4n) is 4.36. The molecule has 2 aromatic carbocycles. The summed E-state index contributed by atoms with van der Waals surface area (Å²) in [7, 11) is 0. The fourth-order valence-corrected chi connectivity index (χ4v) is 4.36. The van der Waals surface area contributed by atoms with Gasteiger partial charge < -0.3 is 4.74 Å². The van der Waals surface area contributed by atoms with Crippen molar-refractivity contribution < 1.29 is 18.3 Å². The normalized spacial score (nSPS) is 18.4. The number of hydrogen-bond donors (Lipinski definition) is 0. The summed E-state index contributed by atoms with van der Waals surface area (Å²) in [4.78, 5) is 12.3. The molecule has 0 bridgehead atoms. The minimum atomic E-state index is -0.890. The summed E-state index contributed by atoms with van der Waals surface area (Å²) >= 11 is 0. The summed E-state index contributed by atoms with van der Waals surface area (Å²) in [6.07, 6.45) is 10.9. The van der Waals surface area contributed by atoms with Crippen molar-refractivity contribution in [1.82, 2.24) is 0 Å². The molecule has 164 valence electrons. The highest BCUT2D eigenvalue weighted by molar-refractivity contribution is 5.91. The Hall–Kier alpha value is -2.74. The van der Waals surface area contributed by atoms with E-state index in [9.17, 15) is 13.6 Å². The lowest BCUT2D eigenvalue weighted by Gasteiger charge is -2.28. The molecule has 3 rings (SSSR count). The molecule has 0 aromatic heterocycles. The van der Waals surface area contributed by atoms with Crippen LogP contribution < -0.4 is 4.74 Å². The maximum Gasteiger partial charge on any atom is 0.346 e. The predicted octanol–water partition coefficient (Wildman–Crippen LogP) is 6.98. The van der Waals surface area contributed by atoms with Gasteiger partial charge in [0.2, 0.25) is 0 Å². The van der Waals surface area contributed by atoms with Crippen LogP contribution in [-0.2, 0) is 6.42 Å². The van der Waals surface area contributed by atoms with Gasteiger partial charge in [0.15, 0.2) is 0 Å². The van der Waals surface area contributed by atoms with Crippen molar-refractivity contribution in [2.45, 2.75) is 64.7 Å². The summed E-state index contributed by atoms with van der Waals surface area (Å²) in [5, 5.41) is 8.75. The topological polar surface area (TPSA) is 50.1 Å². The molecule has 1 aliphatic rings. The highest BCUT2D eigenvalue weighted by Gasteiger charge is 2.21. The van der Waals surface area contributed by atoms with Gasteiger partial charge >= 0.3 is 5.97 Å². The number of ether oxygens (including phenoxy) is 1. The monoisotopic (exact) mass is 425 g/mol. The number of nitrogens with zero attached hydrogens (tertiary/aromatic N) is 1. The van der Waals surface area contributed by atoms with Crippen LogP contribution in [0.2, 0.25) is 0 Å². The molecule has 0 spiro atoms. The zero-order valence-corrected chi connectivity index (χ0v) is 18.0. The first-order valence-corrected chi connectivity index (χ1v) is 11.2. The number of esters is 1. The van der Waals surface area contributed by atoms with Crippen LogP contribution in [0.15, 0.2) is 36.4 Å². The molecule has 31 heavy (non-hydrogen) atoms. The van der Waals surface area contributed by atoms with Crippen molar-refractivity contribution in [2.24, 2.45) is 11.8 Å². The van der Waals surface area contributed by atoms with E-state index in [0.717, 1.165) is 30.4 Å². The van der Waals surface area contributed by atoms with Crippen LogP contribution >= 0.6 is 0 Å². The molecule has 0 heterocycles. The van der Waals surface area contributed by atoms with Gasteiger partial charge in [0.05, 0.1) is 11.1 Å². The molecule has 0 aliphatic heterocycles. The lowest BCUT2D eigenvalue weighted by atomic mass is 9.78. The van der Waals surface area contributed by atoms with Crippen LogP contribution in [0.3, 0.4) is 0 Å². The third kappa shape index (κ3) is 6.37. The van der Waals surface area contributed by atoms with Crippen molar-refractivity contribution in [3.8, 4) is 11.8 Å². The Balaban J connectivity index is 1.52. The van der Waals surface area contributed by atoms with Crippen molar-refractivity contribution in [3.63, 3.8) is 0 Å². The number of benzene rings is 2. The minimum Gasteiger partial charge on any atom is -0.423 e. The van der Waals surface area contributed by atoms with Gasteiger partial charge in [-0.2, -0.15) is 5.26 Å². The Bertz CT molecular complexity index is 943. The number of halogens is 2. The van der Waals surface area contributed by atoms with E-state index in [4.69, 9.17) is 10.00 Å². The third-order valence-electron chi connectivity index (χ3n) is 6.30. The molecular weight excluding hydrogens is 396 g/mol. The molecule has 0 N–H and O–H groups in total. The zero-order chi connectivity index (χ0) is 22.2. The van der Waals surface area contributed by atoms with Gasteiger partial charge in [-0.3, -0.25) is 0 Å². The summed E-state index contributed by atoms with van der Waals surface area (Å²) < 4.78 is 33.2. The summed E-state index contributed by atoms with van der Waals surface area (Å²) in [5.41, 5.74) is 0.529. The molecule has 0 saturated heterocycles. The van der Waals surface area contributed by atoms with Crippen LogP contribution in [0.4, 0.5) is 8.78 Å². The Morgan fingerprint density at radius 1 is 1.03 bits per heavy atom. The van der Waals surface area contributed by atoms with Crippen molar-refractivity contribution in [2.75, 3.05) is 0 Å². The second-order valence-electron chi connectivity index (χ2n) is 8.52. The van der Waals surface area contributed by atoms with Gasteiger partial charge in [-0.1, -0.05) is 57.9 Å². The highest BCUT2D eigenvalue weighted by Crippen LogP contribution is 2.34. The van der Waals surface area contributed by atoms with Crippen LogP contribution in [0, 0.1) is 34.8 Å². The molecule has 1 fully saturated rings. The second-order valence-corrected chi connectivity index (χ2v) is 8.52. The molecule has 5 heteroatoms. The van der Waals surface area contributed by atoms with Crippen molar-refractivity contribution in [3.05, 3.63) is 64.7 Å².